The van der Waals surface area contributed by atoms with Gasteiger partial charge < -0.3 is 5.11 Å². The van der Waals surface area contributed by atoms with Gasteiger partial charge in [0.2, 0.25) is 10.0 Å². The number of hydrogen-bond acceptors (Lipinski definition) is 4. The summed E-state index contributed by atoms with van der Waals surface area (Å²) in [7, 11) is -3.45. The largest absolute Gasteiger partial charge is 0.396 e. The molecule has 7 heteroatoms. The Morgan fingerprint density at radius 1 is 1.40 bits per heavy atom. The number of hydrogen-bond donors (Lipinski definition) is 1. The van der Waals surface area contributed by atoms with E-state index in [4.69, 9.17) is 5.11 Å². The van der Waals surface area contributed by atoms with Crippen molar-refractivity contribution >= 4 is 10.0 Å². The number of nitrogens with zero attached hydrogens (tertiary/aromatic N) is 3. The van der Waals surface area contributed by atoms with E-state index in [-0.39, 0.29) is 17.5 Å². The summed E-state index contributed by atoms with van der Waals surface area (Å²) >= 11 is 0. The van der Waals surface area contributed by atoms with Crippen LogP contribution in [0.3, 0.4) is 0 Å². The maximum absolute atomic E-state index is 12.7. The maximum Gasteiger partial charge on any atom is 0.246 e. The highest BCUT2D eigenvalue weighted by molar-refractivity contribution is 7.89. The number of aryl methyl sites for hydroxylation is 1. The second-order valence-corrected chi connectivity index (χ2v) is 7.22. The molecular weight excluding hydrogens is 278 g/mol. The summed E-state index contributed by atoms with van der Waals surface area (Å²) in [5, 5.41) is 12.9. The first-order chi connectivity index (χ1) is 9.55. The molecule has 1 unspecified atom stereocenters. The lowest BCUT2D eigenvalue weighted by Gasteiger charge is -2.25. The zero-order valence-corrected chi connectivity index (χ0v) is 12.7. The average Bonchev–Trinajstić information content (AvgIpc) is 2.79. The van der Waals surface area contributed by atoms with E-state index in [1.54, 1.807) is 15.2 Å². The molecule has 1 aromatic rings. The lowest BCUT2D eigenvalue weighted by Crippen LogP contribution is -2.38. The first-order valence-corrected chi connectivity index (χ1v) is 8.65. The highest BCUT2D eigenvalue weighted by Gasteiger charge is 2.30. The van der Waals surface area contributed by atoms with E-state index in [0.717, 1.165) is 25.7 Å². The summed E-state index contributed by atoms with van der Waals surface area (Å²) in [6.45, 7) is 3.16. The van der Waals surface area contributed by atoms with E-state index >= 15 is 0 Å². The van der Waals surface area contributed by atoms with Gasteiger partial charge in [0, 0.05) is 31.9 Å². The van der Waals surface area contributed by atoms with Gasteiger partial charge in [-0.05, 0) is 26.2 Å². The van der Waals surface area contributed by atoms with Crippen LogP contribution in [0.5, 0.6) is 0 Å². The van der Waals surface area contributed by atoms with Crippen molar-refractivity contribution in [1.29, 1.82) is 0 Å². The van der Waals surface area contributed by atoms with Crippen molar-refractivity contribution in [1.82, 2.24) is 14.1 Å². The van der Waals surface area contributed by atoms with Crippen LogP contribution in [-0.4, -0.2) is 46.8 Å². The lowest BCUT2D eigenvalue weighted by atomic mass is 10.1. The Morgan fingerprint density at radius 2 is 2.20 bits per heavy atom. The van der Waals surface area contributed by atoms with E-state index in [2.05, 4.69) is 5.10 Å². The summed E-state index contributed by atoms with van der Waals surface area (Å²) < 4.78 is 28.5. The van der Waals surface area contributed by atoms with Crippen molar-refractivity contribution < 1.29 is 13.5 Å². The van der Waals surface area contributed by atoms with Crippen LogP contribution in [0.25, 0.3) is 0 Å². The second-order valence-electron chi connectivity index (χ2n) is 5.33. The molecule has 0 aromatic carbocycles. The van der Waals surface area contributed by atoms with Crippen molar-refractivity contribution in [3.63, 3.8) is 0 Å². The fourth-order valence-corrected chi connectivity index (χ4v) is 4.23. The van der Waals surface area contributed by atoms with Crippen molar-refractivity contribution in [3.8, 4) is 0 Å². The molecule has 0 amide bonds. The normalized spacial score (nSPS) is 21.8. The fraction of sp³-hybridized carbons (Fsp3) is 0.769. The van der Waals surface area contributed by atoms with Gasteiger partial charge in [0.05, 0.1) is 6.20 Å². The molecule has 0 spiro atoms. The SMILES string of the molecule is CC1CCCCCN1S(=O)(=O)c1cnn(CCCO)c1. The summed E-state index contributed by atoms with van der Waals surface area (Å²) in [4.78, 5) is 0.254. The molecule has 0 saturated carbocycles. The molecule has 1 aliphatic heterocycles. The lowest BCUT2D eigenvalue weighted by molar-refractivity contribution is 0.277. The standard InChI is InChI=1S/C13H23N3O3S/c1-12-6-3-2-4-8-16(12)20(18,19)13-10-14-15(11-13)7-5-9-17/h10-12,17H,2-9H2,1H3. The molecule has 6 nitrogen and oxygen atoms in total. The molecule has 1 aliphatic rings. The zero-order chi connectivity index (χ0) is 14.6. The number of aliphatic hydroxyl groups is 1. The first-order valence-electron chi connectivity index (χ1n) is 7.21. The first kappa shape index (κ1) is 15.5. The van der Waals surface area contributed by atoms with Crippen LogP contribution in [-0.2, 0) is 16.6 Å². The quantitative estimate of drug-likeness (QED) is 0.887. The van der Waals surface area contributed by atoms with Gasteiger partial charge in [-0.15, -0.1) is 0 Å². The van der Waals surface area contributed by atoms with Crippen LogP contribution >= 0.6 is 0 Å². The highest BCUT2D eigenvalue weighted by atomic mass is 32.2. The minimum atomic E-state index is -3.45. The minimum absolute atomic E-state index is 0.0447. The average molecular weight is 301 g/mol. The van der Waals surface area contributed by atoms with Crippen molar-refractivity contribution in [3.05, 3.63) is 12.4 Å². The van der Waals surface area contributed by atoms with Crippen molar-refractivity contribution in [2.45, 2.75) is 56.5 Å². The second kappa shape index (κ2) is 6.69. The highest BCUT2D eigenvalue weighted by Crippen LogP contribution is 2.24. The summed E-state index contributed by atoms with van der Waals surface area (Å²) in [6.07, 6.45) is 7.55. The molecule has 0 radical (unpaired) electrons. The maximum atomic E-state index is 12.7. The molecular formula is C13H23N3O3S. The number of rotatable bonds is 5. The molecule has 1 atom stereocenters. The molecule has 1 N–H and O–H groups in total. The predicted octanol–water partition coefficient (Wildman–Crippen LogP) is 1.22. The number of sulfonamides is 1. The van der Waals surface area contributed by atoms with Crippen LogP contribution in [0.15, 0.2) is 17.3 Å². The van der Waals surface area contributed by atoms with E-state index in [1.807, 2.05) is 6.92 Å². The van der Waals surface area contributed by atoms with Crippen LogP contribution in [0.1, 0.15) is 39.0 Å². The molecule has 1 aromatic heterocycles. The third-order valence-electron chi connectivity index (χ3n) is 3.75. The van der Waals surface area contributed by atoms with Crippen LogP contribution in [0, 0.1) is 0 Å². The zero-order valence-electron chi connectivity index (χ0n) is 11.9. The third-order valence-corrected chi connectivity index (χ3v) is 5.72. The van der Waals surface area contributed by atoms with E-state index in [0.29, 0.717) is 19.5 Å². The molecule has 0 bridgehead atoms. The summed E-state index contributed by atoms with van der Waals surface area (Å²) in [5.41, 5.74) is 0. The van der Waals surface area contributed by atoms with Gasteiger partial charge in [0.1, 0.15) is 4.90 Å². The molecule has 2 rings (SSSR count). The van der Waals surface area contributed by atoms with Gasteiger partial charge in [0.15, 0.2) is 0 Å². The molecule has 2 heterocycles. The molecule has 0 aliphatic carbocycles. The molecule has 114 valence electrons. The van der Waals surface area contributed by atoms with E-state index in [1.165, 1.54) is 6.20 Å². The summed E-state index contributed by atoms with van der Waals surface area (Å²) in [5.74, 6) is 0. The molecule has 20 heavy (non-hydrogen) atoms. The molecule has 1 fully saturated rings. The number of aliphatic hydroxyl groups excluding tert-OH is 1. The summed E-state index contributed by atoms with van der Waals surface area (Å²) in [6, 6.07) is 0.0447. The van der Waals surface area contributed by atoms with E-state index < -0.39 is 10.0 Å². The van der Waals surface area contributed by atoms with Crippen molar-refractivity contribution in [2.24, 2.45) is 0 Å². The smallest absolute Gasteiger partial charge is 0.246 e. The molecule has 1 saturated heterocycles. The van der Waals surface area contributed by atoms with Gasteiger partial charge in [-0.3, -0.25) is 4.68 Å². The Balaban J connectivity index is 2.18. The van der Waals surface area contributed by atoms with Gasteiger partial charge in [-0.1, -0.05) is 12.8 Å². The third kappa shape index (κ3) is 3.39. The Kier molecular flexibility index (Phi) is 5.17. The van der Waals surface area contributed by atoms with Gasteiger partial charge in [-0.2, -0.15) is 9.40 Å². The van der Waals surface area contributed by atoms with Crippen LogP contribution < -0.4 is 0 Å². The topological polar surface area (TPSA) is 75.4 Å². The van der Waals surface area contributed by atoms with Crippen molar-refractivity contribution in [2.75, 3.05) is 13.2 Å². The Morgan fingerprint density at radius 3 is 2.95 bits per heavy atom. The predicted molar refractivity (Wildman–Crippen MR) is 75.8 cm³/mol. The van der Waals surface area contributed by atoms with Crippen LogP contribution in [0.2, 0.25) is 0 Å². The Hall–Kier alpha value is -0.920. The minimum Gasteiger partial charge on any atom is -0.396 e. The van der Waals surface area contributed by atoms with Gasteiger partial charge >= 0.3 is 0 Å². The van der Waals surface area contributed by atoms with E-state index in [9.17, 15) is 8.42 Å². The number of aromatic nitrogens is 2. The fourth-order valence-electron chi connectivity index (χ4n) is 2.57. The van der Waals surface area contributed by atoms with Gasteiger partial charge in [-0.25, -0.2) is 8.42 Å². The van der Waals surface area contributed by atoms with Gasteiger partial charge in [0.25, 0.3) is 0 Å². The Labute approximate surface area is 120 Å². The monoisotopic (exact) mass is 301 g/mol. The van der Waals surface area contributed by atoms with Crippen LogP contribution in [0.4, 0.5) is 0 Å². The Bertz CT molecular complexity index is 527.